The lowest BCUT2D eigenvalue weighted by atomic mass is 10.1. The van der Waals surface area contributed by atoms with Crippen molar-refractivity contribution in [2.75, 3.05) is 25.0 Å². The Balaban J connectivity index is 1.47. The second-order valence-electron chi connectivity index (χ2n) is 7.15. The number of carbonyl (C=O) groups is 1. The number of hydrogen-bond acceptors (Lipinski definition) is 5. The summed E-state index contributed by atoms with van der Waals surface area (Å²) in [7, 11) is 0. The molecule has 1 aliphatic heterocycles. The van der Waals surface area contributed by atoms with E-state index in [2.05, 4.69) is 20.9 Å². The van der Waals surface area contributed by atoms with Crippen LogP contribution in [0.15, 0.2) is 24.3 Å². The highest BCUT2D eigenvalue weighted by atomic mass is 16.5. The third-order valence-electron chi connectivity index (χ3n) is 5.10. The van der Waals surface area contributed by atoms with Gasteiger partial charge in [-0.1, -0.05) is 17.3 Å². The van der Waals surface area contributed by atoms with Crippen LogP contribution >= 0.6 is 0 Å². The van der Waals surface area contributed by atoms with Gasteiger partial charge >= 0.3 is 0 Å². The summed E-state index contributed by atoms with van der Waals surface area (Å²) < 4.78 is 7.76. The number of para-hydroxylation sites is 2. The molecule has 1 aliphatic carbocycles. The first-order valence-electron chi connectivity index (χ1n) is 9.38. The van der Waals surface area contributed by atoms with E-state index in [1.807, 2.05) is 35.9 Å². The average molecular weight is 355 g/mol. The van der Waals surface area contributed by atoms with Crippen LogP contribution in [0.1, 0.15) is 47.9 Å². The molecule has 2 heterocycles. The molecule has 4 rings (SSSR count). The second-order valence-corrected chi connectivity index (χ2v) is 7.15. The first kappa shape index (κ1) is 17.0. The number of amides is 1. The fraction of sp³-hybridized carbons (Fsp3) is 0.526. The van der Waals surface area contributed by atoms with E-state index < -0.39 is 0 Å². The van der Waals surface area contributed by atoms with Gasteiger partial charge in [-0.3, -0.25) is 4.79 Å². The number of nitrogens with one attached hydrogen (secondary N) is 2. The van der Waals surface area contributed by atoms with Crippen molar-refractivity contribution in [1.29, 1.82) is 0 Å². The molecule has 2 N–H and O–H groups in total. The summed E-state index contributed by atoms with van der Waals surface area (Å²) in [4.78, 5) is 12.7. The minimum absolute atomic E-state index is 0.245. The van der Waals surface area contributed by atoms with Crippen LogP contribution in [0.5, 0.6) is 5.75 Å². The van der Waals surface area contributed by atoms with Crippen molar-refractivity contribution in [2.45, 2.75) is 38.6 Å². The van der Waals surface area contributed by atoms with Crippen molar-refractivity contribution < 1.29 is 9.53 Å². The highest BCUT2D eigenvalue weighted by Crippen LogP contribution is 2.32. The summed E-state index contributed by atoms with van der Waals surface area (Å²) in [6, 6.07) is 7.85. The highest BCUT2D eigenvalue weighted by molar-refractivity contribution is 6.04. The Hall–Kier alpha value is -2.41. The number of benzene rings is 1. The van der Waals surface area contributed by atoms with Crippen molar-refractivity contribution in [3.8, 4) is 5.75 Å². The zero-order valence-electron chi connectivity index (χ0n) is 15.1. The van der Waals surface area contributed by atoms with Crippen LogP contribution in [0.4, 0.5) is 5.69 Å². The van der Waals surface area contributed by atoms with Crippen LogP contribution in [-0.2, 0) is 0 Å². The lowest BCUT2D eigenvalue weighted by Gasteiger charge is -2.23. The van der Waals surface area contributed by atoms with E-state index in [-0.39, 0.29) is 5.91 Å². The molecule has 0 spiro atoms. The molecular formula is C19H25N5O2. The lowest BCUT2D eigenvalue weighted by molar-refractivity contribution is 0.102. The number of nitrogens with zero attached hydrogens (tertiary/aromatic N) is 3. The number of carbonyl (C=O) groups excluding carboxylic acids is 1. The molecule has 0 bridgehead atoms. The van der Waals surface area contributed by atoms with Gasteiger partial charge in [-0.2, -0.15) is 0 Å². The van der Waals surface area contributed by atoms with Gasteiger partial charge in [-0.15, -0.1) is 5.10 Å². The molecule has 2 aliphatic rings. The van der Waals surface area contributed by atoms with Crippen LogP contribution in [0.2, 0.25) is 0 Å². The Morgan fingerprint density at radius 2 is 2.04 bits per heavy atom. The van der Waals surface area contributed by atoms with Gasteiger partial charge in [-0.25, -0.2) is 4.68 Å². The first-order valence-corrected chi connectivity index (χ1v) is 9.38. The van der Waals surface area contributed by atoms with Crippen molar-refractivity contribution >= 4 is 11.6 Å². The van der Waals surface area contributed by atoms with Crippen LogP contribution in [0, 0.1) is 12.8 Å². The van der Waals surface area contributed by atoms with Gasteiger partial charge in [0, 0.05) is 0 Å². The molecular weight excluding hydrogens is 330 g/mol. The molecule has 1 saturated heterocycles. The SMILES string of the molecule is Cc1c(C(=O)Nc2ccccc2OCC2CC2)nnn1C1CCNCC1. The number of ether oxygens (including phenoxy) is 1. The number of anilines is 1. The minimum Gasteiger partial charge on any atom is -0.491 e. The molecule has 0 atom stereocenters. The smallest absolute Gasteiger partial charge is 0.278 e. The maximum Gasteiger partial charge on any atom is 0.278 e. The van der Waals surface area contributed by atoms with E-state index in [1.165, 1.54) is 12.8 Å². The average Bonchev–Trinajstić information content (AvgIpc) is 3.42. The van der Waals surface area contributed by atoms with Gasteiger partial charge < -0.3 is 15.4 Å². The van der Waals surface area contributed by atoms with E-state index in [4.69, 9.17) is 4.74 Å². The molecule has 1 aromatic heterocycles. The van der Waals surface area contributed by atoms with Crippen LogP contribution < -0.4 is 15.4 Å². The summed E-state index contributed by atoms with van der Waals surface area (Å²) in [6.45, 7) is 4.55. The fourth-order valence-electron chi connectivity index (χ4n) is 3.32. The molecule has 7 nitrogen and oxygen atoms in total. The quantitative estimate of drug-likeness (QED) is 0.832. The molecule has 26 heavy (non-hydrogen) atoms. The van der Waals surface area contributed by atoms with Gasteiger partial charge in [0.2, 0.25) is 0 Å². The molecule has 1 aromatic carbocycles. The van der Waals surface area contributed by atoms with Crippen molar-refractivity contribution in [3.05, 3.63) is 35.7 Å². The Labute approximate surface area is 153 Å². The lowest BCUT2D eigenvalue weighted by Crippen LogP contribution is -2.30. The van der Waals surface area contributed by atoms with Gasteiger partial charge in [0.25, 0.3) is 5.91 Å². The summed E-state index contributed by atoms with van der Waals surface area (Å²) in [5.41, 5.74) is 1.86. The molecule has 2 aromatic rings. The maximum atomic E-state index is 12.7. The molecule has 138 valence electrons. The molecule has 7 heteroatoms. The Bertz CT molecular complexity index is 778. The normalized spacial score (nSPS) is 17.9. The van der Waals surface area contributed by atoms with E-state index in [0.29, 0.717) is 35.7 Å². The molecule has 1 saturated carbocycles. The maximum absolute atomic E-state index is 12.7. The molecule has 0 radical (unpaired) electrons. The summed E-state index contributed by atoms with van der Waals surface area (Å²) in [5.74, 6) is 1.12. The first-order chi connectivity index (χ1) is 12.7. The Kier molecular flexibility index (Phi) is 4.88. The number of rotatable bonds is 6. The van der Waals surface area contributed by atoms with Crippen molar-refractivity contribution in [1.82, 2.24) is 20.3 Å². The van der Waals surface area contributed by atoms with Gasteiger partial charge in [0.15, 0.2) is 5.69 Å². The third-order valence-corrected chi connectivity index (χ3v) is 5.10. The summed E-state index contributed by atoms with van der Waals surface area (Å²) in [6.07, 6.45) is 4.47. The Morgan fingerprint density at radius 1 is 1.27 bits per heavy atom. The predicted octanol–water partition coefficient (Wildman–Crippen LogP) is 2.55. The van der Waals surface area contributed by atoms with E-state index in [0.717, 1.165) is 31.6 Å². The number of hydrogen-bond donors (Lipinski definition) is 2. The number of aromatic nitrogens is 3. The van der Waals surface area contributed by atoms with Gasteiger partial charge in [-0.05, 0) is 63.7 Å². The Morgan fingerprint density at radius 3 is 2.81 bits per heavy atom. The zero-order valence-corrected chi connectivity index (χ0v) is 15.1. The second kappa shape index (κ2) is 7.45. The molecule has 1 amide bonds. The van der Waals surface area contributed by atoms with Crippen LogP contribution in [0.25, 0.3) is 0 Å². The monoisotopic (exact) mass is 355 g/mol. The fourth-order valence-corrected chi connectivity index (χ4v) is 3.32. The van der Waals surface area contributed by atoms with Crippen LogP contribution in [-0.4, -0.2) is 40.6 Å². The van der Waals surface area contributed by atoms with E-state index in [1.54, 1.807) is 0 Å². The molecule has 2 fully saturated rings. The topological polar surface area (TPSA) is 81.1 Å². The van der Waals surface area contributed by atoms with Gasteiger partial charge in [0.1, 0.15) is 5.75 Å². The van der Waals surface area contributed by atoms with E-state index >= 15 is 0 Å². The largest absolute Gasteiger partial charge is 0.491 e. The summed E-state index contributed by atoms with van der Waals surface area (Å²) in [5, 5.41) is 14.7. The summed E-state index contributed by atoms with van der Waals surface area (Å²) >= 11 is 0. The van der Waals surface area contributed by atoms with Crippen molar-refractivity contribution in [3.63, 3.8) is 0 Å². The van der Waals surface area contributed by atoms with Gasteiger partial charge in [0.05, 0.1) is 24.0 Å². The number of piperidine rings is 1. The predicted molar refractivity (Wildman–Crippen MR) is 98.5 cm³/mol. The van der Waals surface area contributed by atoms with E-state index in [9.17, 15) is 4.79 Å². The minimum atomic E-state index is -0.245. The zero-order chi connectivity index (χ0) is 17.9. The molecule has 0 unspecified atom stereocenters. The van der Waals surface area contributed by atoms with Crippen molar-refractivity contribution in [2.24, 2.45) is 5.92 Å². The standard InChI is InChI=1S/C19H25N5O2/c1-13-18(22-23-24(13)15-8-10-20-11-9-15)19(25)21-16-4-2-3-5-17(16)26-12-14-6-7-14/h2-5,14-15,20H,6-12H2,1H3,(H,21,25). The highest BCUT2D eigenvalue weighted by Gasteiger charge is 2.24. The third kappa shape index (κ3) is 3.72. The van der Waals surface area contributed by atoms with Crippen LogP contribution in [0.3, 0.4) is 0 Å².